The van der Waals surface area contributed by atoms with Crippen molar-refractivity contribution in [3.8, 4) is 0 Å². The lowest BCUT2D eigenvalue weighted by atomic mass is 9.93. The molecule has 0 radical (unpaired) electrons. The molecule has 0 N–H and O–H groups in total. The van der Waals surface area contributed by atoms with Crippen LogP contribution in [0.25, 0.3) is 0 Å². The van der Waals surface area contributed by atoms with Gasteiger partial charge in [-0.05, 0) is 49.6 Å². The molecule has 0 nitrogen and oxygen atoms in total. The normalized spacial score (nSPS) is 27.4. The van der Waals surface area contributed by atoms with Gasteiger partial charge in [-0.3, -0.25) is 0 Å². The maximum absolute atomic E-state index is 2.52. The minimum Gasteiger partial charge on any atom is -0.100 e. The minimum atomic E-state index is 0.324. The van der Waals surface area contributed by atoms with Crippen LogP contribution < -0.4 is 0 Å². The van der Waals surface area contributed by atoms with Crippen molar-refractivity contribution in [1.29, 1.82) is 0 Å². The van der Waals surface area contributed by atoms with Gasteiger partial charge in [-0.15, -0.1) is 7.92 Å². The molecule has 2 aliphatic rings. The van der Waals surface area contributed by atoms with Crippen LogP contribution in [0.4, 0.5) is 0 Å². The van der Waals surface area contributed by atoms with Crippen LogP contribution in [0.15, 0.2) is 0 Å². The summed E-state index contributed by atoms with van der Waals surface area (Å²) in [5, 5.41) is 0.796. The smallest absolute Gasteiger partial charge is 0.00970 e. The first-order valence-electron chi connectivity index (χ1n) is 9.62. The number of rotatable bonds is 2. The molecule has 0 unspecified atom stereocenters. The zero-order valence-corrected chi connectivity index (χ0v) is 14.9. The highest BCUT2D eigenvalue weighted by Gasteiger charge is 2.35. The lowest BCUT2D eigenvalue weighted by Crippen LogP contribution is -2.28. The van der Waals surface area contributed by atoms with Crippen LogP contribution in [0, 0.1) is 0 Å². The molecule has 0 amide bonds. The summed E-state index contributed by atoms with van der Waals surface area (Å²) in [6, 6.07) is 0. The topological polar surface area (TPSA) is 0 Å². The summed E-state index contributed by atoms with van der Waals surface area (Å²) < 4.78 is 0. The van der Waals surface area contributed by atoms with Gasteiger partial charge in [0, 0.05) is 0 Å². The van der Waals surface area contributed by atoms with Gasteiger partial charge in [0.2, 0.25) is 0 Å². The highest BCUT2D eigenvalue weighted by molar-refractivity contribution is 7.59. The molecule has 1 saturated carbocycles. The van der Waals surface area contributed by atoms with Crippen LogP contribution in [0.2, 0.25) is 0 Å². The number of hydrogen-bond donors (Lipinski definition) is 0. The first kappa shape index (κ1) is 16.8. The van der Waals surface area contributed by atoms with Crippen molar-refractivity contribution < 1.29 is 0 Å². The van der Waals surface area contributed by atoms with E-state index in [2.05, 4.69) is 6.92 Å². The number of hydrogen-bond acceptors (Lipinski definition) is 0. The summed E-state index contributed by atoms with van der Waals surface area (Å²) >= 11 is 0. The molecule has 0 spiro atoms. The zero-order chi connectivity index (χ0) is 14.1. The molecule has 0 aromatic heterocycles. The average molecular weight is 296 g/mol. The van der Waals surface area contributed by atoms with E-state index in [1.807, 2.05) is 0 Å². The fourth-order valence-electron chi connectivity index (χ4n) is 4.53. The monoisotopic (exact) mass is 296 g/mol. The van der Waals surface area contributed by atoms with Crippen molar-refractivity contribution in [2.45, 2.75) is 108 Å². The fourth-order valence-corrected chi connectivity index (χ4v) is 8.31. The Morgan fingerprint density at radius 2 is 1.00 bits per heavy atom. The van der Waals surface area contributed by atoms with Crippen LogP contribution in [-0.2, 0) is 0 Å². The van der Waals surface area contributed by atoms with Crippen molar-refractivity contribution >= 4 is 7.92 Å². The third-order valence-electron chi connectivity index (χ3n) is 5.97. The molecule has 2 rings (SSSR count). The molecule has 0 aromatic carbocycles. The van der Waals surface area contributed by atoms with Crippen LogP contribution in [0.3, 0.4) is 0 Å². The van der Waals surface area contributed by atoms with Gasteiger partial charge in [0.25, 0.3) is 0 Å². The minimum absolute atomic E-state index is 0.324. The van der Waals surface area contributed by atoms with Crippen molar-refractivity contribution in [1.82, 2.24) is 0 Å². The zero-order valence-electron chi connectivity index (χ0n) is 14.0. The molecule has 20 heavy (non-hydrogen) atoms. The molecule has 1 saturated heterocycles. The van der Waals surface area contributed by atoms with Crippen LogP contribution in [0.5, 0.6) is 0 Å². The Balaban J connectivity index is 2.03. The first-order chi connectivity index (χ1) is 9.87. The molecule has 0 atom stereocenters. The summed E-state index contributed by atoms with van der Waals surface area (Å²) in [6.45, 7) is 2.52. The van der Waals surface area contributed by atoms with E-state index >= 15 is 0 Å². The maximum atomic E-state index is 2.52. The van der Waals surface area contributed by atoms with Gasteiger partial charge in [0.15, 0.2) is 0 Å². The van der Waals surface area contributed by atoms with E-state index < -0.39 is 0 Å². The Kier molecular flexibility index (Phi) is 7.93. The van der Waals surface area contributed by atoms with Crippen molar-refractivity contribution in [3.63, 3.8) is 0 Å². The Labute approximate surface area is 129 Å². The SMILES string of the molecule is CCC1(P2CCCCCCCC2)CCCCCCCC1. The van der Waals surface area contributed by atoms with Crippen molar-refractivity contribution in [2.24, 2.45) is 0 Å². The summed E-state index contributed by atoms with van der Waals surface area (Å²) in [5.74, 6) is 0. The molecule has 0 aromatic rings. The Hall–Kier alpha value is 0.430. The summed E-state index contributed by atoms with van der Waals surface area (Å²) in [6.07, 6.45) is 26.2. The molecule has 118 valence electrons. The van der Waals surface area contributed by atoms with Gasteiger partial charge in [-0.2, -0.15) is 0 Å². The maximum Gasteiger partial charge on any atom is -0.00970 e. The van der Waals surface area contributed by atoms with Crippen LogP contribution in [-0.4, -0.2) is 17.5 Å². The molecule has 1 aliphatic heterocycles. The molecule has 0 bridgehead atoms. The van der Waals surface area contributed by atoms with Crippen LogP contribution in [0.1, 0.15) is 103 Å². The molecule has 1 aliphatic carbocycles. The standard InChI is InChI=1S/C19H37P/c1-2-19(15-11-7-3-4-8-12-16-19)20-17-13-9-5-6-10-14-18-20/h2-18H2,1H3. The molecular weight excluding hydrogens is 259 g/mol. The van der Waals surface area contributed by atoms with Gasteiger partial charge in [0.05, 0.1) is 0 Å². The average Bonchev–Trinajstić information content (AvgIpc) is 2.69. The van der Waals surface area contributed by atoms with Gasteiger partial charge in [-0.25, -0.2) is 0 Å². The lowest BCUT2D eigenvalue weighted by Gasteiger charge is -2.42. The van der Waals surface area contributed by atoms with E-state index in [-0.39, 0.29) is 0 Å². The Morgan fingerprint density at radius 3 is 1.45 bits per heavy atom. The Morgan fingerprint density at radius 1 is 0.600 bits per heavy atom. The van der Waals surface area contributed by atoms with Gasteiger partial charge in [0.1, 0.15) is 0 Å². The second-order valence-corrected chi connectivity index (χ2v) is 10.2. The predicted octanol–water partition coefficient (Wildman–Crippen LogP) is 7.11. The molecule has 2 fully saturated rings. The van der Waals surface area contributed by atoms with E-state index in [4.69, 9.17) is 0 Å². The van der Waals surface area contributed by atoms with E-state index in [1.54, 1.807) is 38.0 Å². The quantitative estimate of drug-likeness (QED) is 0.476. The van der Waals surface area contributed by atoms with Gasteiger partial charge < -0.3 is 0 Å². The summed E-state index contributed by atoms with van der Waals surface area (Å²) in [4.78, 5) is 0. The molecular formula is C19H37P. The largest absolute Gasteiger partial charge is 0.100 e. The van der Waals surface area contributed by atoms with E-state index in [0.717, 1.165) is 5.16 Å². The van der Waals surface area contributed by atoms with E-state index in [1.165, 1.54) is 70.6 Å². The van der Waals surface area contributed by atoms with E-state index in [9.17, 15) is 0 Å². The van der Waals surface area contributed by atoms with Crippen molar-refractivity contribution in [3.05, 3.63) is 0 Å². The van der Waals surface area contributed by atoms with Crippen LogP contribution >= 0.6 is 7.92 Å². The third kappa shape index (κ3) is 5.01. The lowest BCUT2D eigenvalue weighted by molar-refractivity contribution is 0.450. The second kappa shape index (κ2) is 9.45. The highest BCUT2D eigenvalue weighted by Crippen LogP contribution is 2.58. The fraction of sp³-hybridized carbons (Fsp3) is 1.00. The molecule has 1 heteroatoms. The van der Waals surface area contributed by atoms with Crippen molar-refractivity contribution in [2.75, 3.05) is 12.3 Å². The Bertz CT molecular complexity index is 228. The second-order valence-electron chi connectivity index (χ2n) is 7.31. The predicted molar refractivity (Wildman–Crippen MR) is 94.3 cm³/mol. The van der Waals surface area contributed by atoms with Gasteiger partial charge in [-0.1, -0.05) is 71.1 Å². The first-order valence-corrected chi connectivity index (χ1v) is 11.3. The van der Waals surface area contributed by atoms with Gasteiger partial charge >= 0.3 is 0 Å². The summed E-state index contributed by atoms with van der Waals surface area (Å²) in [5.41, 5.74) is 0. The molecule has 1 heterocycles. The highest BCUT2D eigenvalue weighted by atomic mass is 31.1. The third-order valence-corrected chi connectivity index (χ3v) is 9.79. The summed E-state index contributed by atoms with van der Waals surface area (Å²) in [7, 11) is 0.324. The van der Waals surface area contributed by atoms with E-state index in [0.29, 0.717) is 7.92 Å².